The Morgan fingerprint density at radius 3 is 2.59 bits per heavy atom. The van der Waals surface area contributed by atoms with Gasteiger partial charge in [0.15, 0.2) is 11.6 Å². The number of thioether (sulfide) groups is 1. The van der Waals surface area contributed by atoms with Crippen LogP contribution in [0.1, 0.15) is 42.6 Å². The van der Waals surface area contributed by atoms with Crippen LogP contribution in [0.15, 0.2) is 30.3 Å². The Balaban J connectivity index is 1.47. The molecule has 0 spiro atoms. The average Bonchev–Trinajstić information content (AvgIpc) is 2.97. The molecule has 2 atom stereocenters. The molecule has 2 heterocycles. The normalized spacial score (nSPS) is 19.7. The highest BCUT2D eigenvalue weighted by Crippen LogP contribution is 2.33. The average molecular weight is 662 g/mol. The van der Waals surface area contributed by atoms with Crippen LogP contribution in [0.5, 0.6) is 0 Å². The van der Waals surface area contributed by atoms with Crippen molar-refractivity contribution in [2.45, 2.75) is 51.5 Å². The van der Waals surface area contributed by atoms with E-state index < -0.39 is 41.7 Å². The third-order valence-corrected chi connectivity index (χ3v) is 8.97. The minimum Gasteiger partial charge on any atom is -0.367 e. The number of hydrogen-bond acceptors (Lipinski definition) is 6. The monoisotopic (exact) mass is 661 g/mol. The van der Waals surface area contributed by atoms with Crippen LogP contribution in [0.25, 0.3) is 0 Å². The van der Waals surface area contributed by atoms with Crippen LogP contribution in [-0.2, 0) is 11.3 Å². The molecule has 0 unspecified atom stereocenters. The molecule has 2 amide bonds. The van der Waals surface area contributed by atoms with Crippen molar-refractivity contribution in [3.63, 3.8) is 0 Å². The lowest BCUT2D eigenvalue weighted by atomic mass is 9.99. The highest BCUT2D eigenvalue weighted by Gasteiger charge is 2.33. The van der Waals surface area contributed by atoms with Crippen LogP contribution in [0.3, 0.4) is 0 Å². The molecule has 2 aromatic carbocycles. The van der Waals surface area contributed by atoms with Gasteiger partial charge in [-0.2, -0.15) is 24.9 Å². The molecule has 0 aromatic heterocycles. The van der Waals surface area contributed by atoms with Crippen LogP contribution in [0, 0.1) is 17.6 Å². The van der Waals surface area contributed by atoms with Crippen molar-refractivity contribution < 1.29 is 31.5 Å². The Kier molecular flexibility index (Phi) is 11.8. The van der Waals surface area contributed by atoms with Gasteiger partial charge in [-0.05, 0) is 36.6 Å². The van der Waals surface area contributed by atoms with E-state index in [4.69, 9.17) is 11.6 Å². The highest BCUT2D eigenvalue weighted by molar-refractivity contribution is 7.99. The van der Waals surface area contributed by atoms with Crippen LogP contribution >= 0.6 is 23.4 Å². The van der Waals surface area contributed by atoms with Gasteiger partial charge in [0.2, 0.25) is 5.91 Å². The van der Waals surface area contributed by atoms with Crippen molar-refractivity contribution in [2.24, 2.45) is 5.92 Å². The van der Waals surface area contributed by atoms with Crippen LogP contribution < -0.4 is 20.9 Å². The first-order chi connectivity index (χ1) is 20.8. The number of halogens is 6. The van der Waals surface area contributed by atoms with Crippen molar-refractivity contribution in [3.05, 3.63) is 58.1 Å². The Bertz CT molecular complexity index is 1330. The fraction of sp³-hybridized carbons (Fsp3) is 0.533. The molecule has 0 bridgehead atoms. The van der Waals surface area contributed by atoms with Gasteiger partial charge in [-0.1, -0.05) is 31.5 Å². The number of rotatable bonds is 10. The number of anilines is 2. The number of alkyl halides is 3. The molecule has 2 fully saturated rings. The quantitative estimate of drug-likeness (QED) is 0.285. The molecular weight excluding hydrogens is 625 g/mol. The predicted molar refractivity (Wildman–Crippen MR) is 164 cm³/mol. The van der Waals surface area contributed by atoms with Gasteiger partial charge in [-0.3, -0.25) is 14.5 Å². The summed E-state index contributed by atoms with van der Waals surface area (Å²) in [6.07, 6.45) is -4.48. The Morgan fingerprint density at radius 1 is 1.14 bits per heavy atom. The standard InChI is InChI=1S/C30H37ClF5N5O2S/c1-18(2)13-21-16-41(11-10-40(21)9-7-30(34,35)36)25-14-20(31)4-6-23(25)39-28(42)22-5-3-19(26(32)27(22)33)15-38-29(43)24-17-44-12-8-37-24/h3-6,14,18,21,24,37H,7-13,15-17H2,1-2H3,(H,38,43)(H,39,42)/t21-,24+/m0/s1. The van der Waals surface area contributed by atoms with Crippen molar-refractivity contribution in [2.75, 3.05) is 54.4 Å². The zero-order valence-corrected chi connectivity index (χ0v) is 26.1. The summed E-state index contributed by atoms with van der Waals surface area (Å²) >= 11 is 7.91. The number of piperazine rings is 1. The first-order valence-corrected chi connectivity index (χ1v) is 16.1. The molecular formula is C30H37ClF5N5O2S. The summed E-state index contributed by atoms with van der Waals surface area (Å²) in [6, 6.07) is 6.59. The first-order valence-electron chi connectivity index (χ1n) is 14.5. The Morgan fingerprint density at radius 2 is 1.91 bits per heavy atom. The molecule has 242 valence electrons. The van der Waals surface area contributed by atoms with Crippen molar-refractivity contribution in [1.29, 1.82) is 0 Å². The fourth-order valence-corrected chi connectivity index (χ4v) is 6.55. The number of benzene rings is 2. The van der Waals surface area contributed by atoms with E-state index in [0.29, 0.717) is 54.8 Å². The topological polar surface area (TPSA) is 76.7 Å². The van der Waals surface area contributed by atoms with E-state index in [-0.39, 0.29) is 36.5 Å². The molecule has 0 radical (unpaired) electrons. The molecule has 4 rings (SSSR count). The van der Waals surface area contributed by atoms with Gasteiger partial charge in [0, 0.05) is 67.4 Å². The van der Waals surface area contributed by atoms with Crippen LogP contribution in [0.4, 0.5) is 33.3 Å². The van der Waals surface area contributed by atoms with E-state index in [2.05, 4.69) is 16.0 Å². The van der Waals surface area contributed by atoms with Crippen LogP contribution in [-0.4, -0.2) is 79.2 Å². The van der Waals surface area contributed by atoms with Crippen LogP contribution in [0.2, 0.25) is 5.02 Å². The van der Waals surface area contributed by atoms with E-state index in [9.17, 15) is 27.2 Å². The summed E-state index contributed by atoms with van der Waals surface area (Å²) in [5.74, 6) is -2.05. The smallest absolute Gasteiger partial charge is 0.367 e. The second-order valence-electron chi connectivity index (χ2n) is 11.4. The van der Waals surface area contributed by atoms with E-state index >= 15 is 4.39 Å². The number of carbonyl (C=O) groups excluding carboxylic acids is 2. The Hall–Kier alpha value is -2.61. The zero-order valence-electron chi connectivity index (χ0n) is 24.6. The second-order valence-corrected chi connectivity index (χ2v) is 13.0. The molecule has 2 aromatic rings. The van der Waals surface area contributed by atoms with Gasteiger partial charge in [0.25, 0.3) is 5.91 Å². The first kappa shape index (κ1) is 34.3. The summed E-state index contributed by atoms with van der Waals surface area (Å²) in [4.78, 5) is 29.3. The van der Waals surface area contributed by atoms with Gasteiger partial charge in [-0.15, -0.1) is 0 Å². The van der Waals surface area contributed by atoms with Crippen molar-refractivity contribution >= 4 is 46.6 Å². The number of amides is 2. The molecule has 2 aliphatic rings. The number of nitrogens with one attached hydrogen (secondary N) is 3. The molecule has 0 saturated carbocycles. The number of carbonyl (C=O) groups is 2. The molecule has 44 heavy (non-hydrogen) atoms. The summed E-state index contributed by atoms with van der Waals surface area (Å²) in [7, 11) is 0. The Labute approximate surface area is 263 Å². The van der Waals surface area contributed by atoms with Gasteiger partial charge >= 0.3 is 6.18 Å². The minimum atomic E-state index is -4.25. The number of hydrogen-bond donors (Lipinski definition) is 3. The lowest BCUT2D eigenvalue weighted by Crippen LogP contribution is -2.54. The SMILES string of the molecule is CC(C)C[C@H]1CN(c2cc(Cl)ccc2NC(=O)c2ccc(CNC(=O)[C@H]3CSCCN3)c(F)c2F)CCN1CCC(F)(F)F. The summed E-state index contributed by atoms with van der Waals surface area (Å²) in [5.41, 5.74) is 0.228. The van der Waals surface area contributed by atoms with Gasteiger partial charge in [0.05, 0.1) is 29.4 Å². The summed E-state index contributed by atoms with van der Waals surface area (Å²) < 4.78 is 68.9. The van der Waals surface area contributed by atoms with Crippen molar-refractivity contribution in [3.8, 4) is 0 Å². The fourth-order valence-electron chi connectivity index (χ4n) is 5.45. The highest BCUT2D eigenvalue weighted by atomic mass is 35.5. The molecule has 7 nitrogen and oxygen atoms in total. The van der Waals surface area contributed by atoms with E-state index in [1.54, 1.807) is 30.0 Å². The molecule has 14 heteroatoms. The predicted octanol–water partition coefficient (Wildman–Crippen LogP) is 5.68. The van der Waals surface area contributed by atoms with Gasteiger partial charge in [-0.25, -0.2) is 8.78 Å². The van der Waals surface area contributed by atoms with E-state index in [1.165, 1.54) is 6.07 Å². The summed E-state index contributed by atoms with van der Waals surface area (Å²) in [6.45, 7) is 5.52. The minimum absolute atomic E-state index is 0.0948. The third-order valence-electron chi connectivity index (χ3n) is 7.68. The largest absolute Gasteiger partial charge is 0.390 e. The van der Waals surface area contributed by atoms with Gasteiger partial charge in [0.1, 0.15) is 0 Å². The summed E-state index contributed by atoms with van der Waals surface area (Å²) in [5, 5.41) is 8.72. The van der Waals surface area contributed by atoms with E-state index in [1.807, 2.05) is 23.6 Å². The number of nitrogens with zero attached hydrogens (tertiary/aromatic N) is 2. The lowest BCUT2D eigenvalue weighted by Gasteiger charge is -2.43. The second kappa shape index (κ2) is 15.1. The maximum atomic E-state index is 15.1. The molecule has 3 N–H and O–H groups in total. The van der Waals surface area contributed by atoms with Crippen molar-refractivity contribution in [1.82, 2.24) is 15.5 Å². The molecule has 2 aliphatic heterocycles. The maximum absolute atomic E-state index is 15.1. The van der Waals surface area contributed by atoms with E-state index in [0.717, 1.165) is 11.8 Å². The van der Waals surface area contributed by atoms with Gasteiger partial charge < -0.3 is 20.9 Å². The maximum Gasteiger partial charge on any atom is 0.390 e. The lowest BCUT2D eigenvalue weighted by molar-refractivity contribution is -0.139. The third kappa shape index (κ3) is 9.21. The molecule has 2 saturated heterocycles. The zero-order chi connectivity index (χ0) is 32.0. The molecule has 0 aliphatic carbocycles.